The van der Waals surface area contributed by atoms with Crippen LogP contribution in [0.1, 0.15) is 41.9 Å². The van der Waals surface area contributed by atoms with Crippen LogP contribution in [0.3, 0.4) is 0 Å². The summed E-state index contributed by atoms with van der Waals surface area (Å²) in [5.74, 6) is 0.946. The number of fused-ring (bicyclic) bond motifs is 3. The molecule has 1 atom stereocenters. The van der Waals surface area contributed by atoms with E-state index >= 15 is 0 Å². The van der Waals surface area contributed by atoms with Gasteiger partial charge in [0.05, 0.1) is 11.3 Å². The van der Waals surface area contributed by atoms with Crippen LogP contribution in [0.2, 0.25) is 0 Å². The van der Waals surface area contributed by atoms with Gasteiger partial charge in [-0.1, -0.05) is 36.4 Å². The number of hydrogen-bond donors (Lipinski definition) is 2. The molecule has 0 saturated carbocycles. The highest BCUT2D eigenvalue weighted by atomic mass is 16.2. The van der Waals surface area contributed by atoms with Gasteiger partial charge in [0.15, 0.2) is 11.6 Å². The number of nitrogens with one attached hydrogen (secondary N) is 2. The molecule has 2 aromatic heterocycles. The first-order valence-electron chi connectivity index (χ1n) is 13.7. The lowest BCUT2D eigenvalue weighted by atomic mass is 9.83. The van der Waals surface area contributed by atoms with Crippen LogP contribution in [-0.4, -0.2) is 79.1 Å². The molecule has 6 heterocycles. The lowest BCUT2D eigenvalue weighted by Crippen LogP contribution is -2.63. The Kier molecular flexibility index (Phi) is 5.98. The molecule has 11 heteroatoms. The van der Waals surface area contributed by atoms with Gasteiger partial charge in [-0.2, -0.15) is 10.2 Å². The second-order valence-corrected chi connectivity index (χ2v) is 10.6. The Labute approximate surface area is 231 Å². The summed E-state index contributed by atoms with van der Waals surface area (Å²) in [4.78, 5) is 41.4. The average molecular weight is 536 g/mol. The first-order valence-corrected chi connectivity index (χ1v) is 13.7. The zero-order valence-corrected chi connectivity index (χ0v) is 22.0. The predicted octanol–water partition coefficient (Wildman–Crippen LogP) is 2.58. The lowest BCUT2D eigenvalue weighted by molar-refractivity contribution is -0.115. The Morgan fingerprint density at radius 3 is 2.67 bits per heavy atom. The molecule has 40 heavy (non-hydrogen) atoms. The summed E-state index contributed by atoms with van der Waals surface area (Å²) in [6, 6.07) is 14.3. The van der Waals surface area contributed by atoms with Crippen LogP contribution in [0, 0.1) is 5.92 Å². The number of amidine groups is 1. The molecule has 1 fully saturated rings. The van der Waals surface area contributed by atoms with Gasteiger partial charge in [0.25, 0.3) is 5.91 Å². The number of allylic oxidation sites excluding steroid dienone is 1. The van der Waals surface area contributed by atoms with Crippen LogP contribution in [0.15, 0.2) is 76.4 Å². The van der Waals surface area contributed by atoms with E-state index in [1.54, 1.807) is 4.90 Å². The molecule has 2 N–H and O–H groups in total. The number of pyridine rings is 1. The van der Waals surface area contributed by atoms with Crippen molar-refractivity contribution in [2.75, 3.05) is 19.6 Å². The number of nitrogens with zero attached hydrogens (tertiary/aromatic N) is 7. The normalized spacial score (nSPS) is 22.6. The Balaban J connectivity index is 1.16. The van der Waals surface area contributed by atoms with E-state index in [0.717, 1.165) is 35.4 Å². The number of amides is 1. The number of Topliss-reactive ketones (excluding diaryl/α,β-unsaturated/α-hetero) is 1. The van der Waals surface area contributed by atoms with Gasteiger partial charge in [-0.15, -0.1) is 0 Å². The average Bonchev–Trinajstić information content (AvgIpc) is 3.69. The van der Waals surface area contributed by atoms with Crippen molar-refractivity contribution < 1.29 is 9.59 Å². The molecule has 4 aliphatic heterocycles. The summed E-state index contributed by atoms with van der Waals surface area (Å²) in [7, 11) is 0. The number of hydrogen-bond acceptors (Lipinski definition) is 9. The smallest absolute Gasteiger partial charge is 0.291 e. The molecule has 7 rings (SSSR count). The minimum atomic E-state index is -0.571. The summed E-state index contributed by atoms with van der Waals surface area (Å²) in [6.07, 6.45) is 8.33. The molecule has 11 nitrogen and oxygen atoms in total. The fraction of sp³-hybridized carbons (Fsp3) is 0.345. The summed E-state index contributed by atoms with van der Waals surface area (Å²) in [6.45, 7) is 1.60. The number of aromatic nitrogens is 4. The lowest BCUT2D eigenvalue weighted by Gasteiger charge is -2.48. The number of H-pyrrole nitrogens is 1. The first kappa shape index (κ1) is 24.4. The van der Waals surface area contributed by atoms with Crippen molar-refractivity contribution in [1.82, 2.24) is 35.4 Å². The zero-order valence-electron chi connectivity index (χ0n) is 22.0. The summed E-state index contributed by atoms with van der Waals surface area (Å²) < 4.78 is 0. The van der Waals surface area contributed by atoms with E-state index in [4.69, 9.17) is 15.1 Å². The number of hydrazone groups is 1. The van der Waals surface area contributed by atoms with Crippen molar-refractivity contribution in [2.24, 2.45) is 16.0 Å². The Hall–Kier alpha value is -4.67. The summed E-state index contributed by atoms with van der Waals surface area (Å²) in [5, 5.41) is 16.9. The Bertz CT molecular complexity index is 1520. The summed E-state index contributed by atoms with van der Waals surface area (Å²) >= 11 is 0. The third-order valence-electron chi connectivity index (χ3n) is 8.17. The highest BCUT2D eigenvalue weighted by Crippen LogP contribution is 2.40. The maximum Gasteiger partial charge on any atom is 0.291 e. The molecule has 0 aliphatic carbocycles. The van der Waals surface area contributed by atoms with E-state index in [2.05, 4.69) is 44.8 Å². The van der Waals surface area contributed by atoms with E-state index in [1.165, 1.54) is 6.33 Å². The van der Waals surface area contributed by atoms with Crippen LogP contribution in [0.25, 0.3) is 11.3 Å². The quantitative estimate of drug-likeness (QED) is 0.513. The third-order valence-corrected chi connectivity index (χ3v) is 8.17. The Morgan fingerprint density at radius 2 is 1.93 bits per heavy atom. The minimum absolute atomic E-state index is 0.0947. The fourth-order valence-corrected chi connectivity index (χ4v) is 6.15. The topological polar surface area (TPSA) is 132 Å². The zero-order chi connectivity index (χ0) is 27.1. The van der Waals surface area contributed by atoms with Crippen LogP contribution < -0.4 is 5.32 Å². The molecule has 4 aliphatic rings. The van der Waals surface area contributed by atoms with E-state index in [0.29, 0.717) is 50.3 Å². The van der Waals surface area contributed by atoms with Crippen molar-refractivity contribution >= 4 is 23.7 Å². The molecule has 1 amide bonds. The summed E-state index contributed by atoms with van der Waals surface area (Å²) in [5.41, 5.74) is 4.09. The van der Waals surface area contributed by atoms with Gasteiger partial charge >= 0.3 is 0 Å². The molecule has 3 aromatic rings. The van der Waals surface area contributed by atoms with Gasteiger partial charge in [0.2, 0.25) is 5.82 Å². The predicted molar refractivity (Wildman–Crippen MR) is 148 cm³/mol. The van der Waals surface area contributed by atoms with Crippen LogP contribution in [0.5, 0.6) is 0 Å². The molecular weight excluding hydrogens is 506 g/mol. The van der Waals surface area contributed by atoms with Crippen LogP contribution in [0.4, 0.5) is 0 Å². The number of carbonyl (C=O) groups excluding carboxylic acids is 2. The van der Waals surface area contributed by atoms with Gasteiger partial charge in [-0.25, -0.2) is 9.99 Å². The number of carbonyl (C=O) groups is 2. The number of likely N-dealkylation sites (tertiary alicyclic amines) is 1. The number of piperidine rings is 1. The van der Waals surface area contributed by atoms with Gasteiger partial charge in [0, 0.05) is 68.5 Å². The van der Waals surface area contributed by atoms with Crippen molar-refractivity contribution in [3.63, 3.8) is 0 Å². The fourth-order valence-electron chi connectivity index (χ4n) is 6.15. The van der Waals surface area contributed by atoms with Crippen molar-refractivity contribution in [1.29, 1.82) is 0 Å². The molecule has 1 aromatic carbocycles. The second kappa shape index (κ2) is 9.82. The van der Waals surface area contributed by atoms with Crippen molar-refractivity contribution in [3.8, 4) is 11.3 Å². The van der Waals surface area contributed by atoms with Gasteiger partial charge in [-0.3, -0.25) is 24.7 Å². The maximum absolute atomic E-state index is 13.3. The van der Waals surface area contributed by atoms with Gasteiger partial charge < -0.3 is 10.2 Å². The highest BCUT2D eigenvalue weighted by Gasteiger charge is 2.50. The molecule has 0 bridgehead atoms. The monoisotopic (exact) mass is 535 g/mol. The molecule has 1 unspecified atom stereocenters. The standard InChI is InChI=1S/C29H29N9O2/c39-23-8-12-30-27-24(23)25(21-9-14-37(15-10-21)28(40)26-32-18-33-36-26)35-29(11-13-34-38(27)29)16-19-6-7-22(31-17-19)20-4-2-1-3-5-20/h1-7,13,17-18,21,35H,8-12,14-16H2,(H,32,33,36). The van der Waals surface area contributed by atoms with E-state index < -0.39 is 5.66 Å². The van der Waals surface area contributed by atoms with E-state index in [1.807, 2.05) is 35.6 Å². The number of aromatic amines is 1. The van der Waals surface area contributed by atoms with Crippen LogP contribution >= 0.6 is 0 Å². The largest absolute Gasteiger partial charge is 0.363 e. The van der Waals surface area contributed by atoms with Gasteiger partial charge in [0.1, 0.15) is 12.0 Å². The van der Waals surface area contributed by atoms with Crippen molar-refractivity contribution in [3.05, 3.63) is 77.6 Å². The Morgan fingerprint density at radius 1 is 1.07 bits per heavy atom. The maximum atomic E-state index is 13.3. The van der Waals surface area contributed by atoms with Gasteiger partial charge in [-0.05, 0) is 24.5 Å². The molecule has 1 saturated heterocycles. The minimum Gasteiger partial charge on any atom is -0.363 e. The highest BCUT2D eigenvalue weighted by molar-refractivity contribution is 6.24. The molecule has 202 valence electrons. The van der Waals surface area contributed by atoms with E-state index in [9.17, 15) is 9.59 Å². The molecule has 0 radical (unpaired) electrons. The van der Waals surface area contributed by atoms with Crippen LogP contribution in [-0.2, 0) is 11.2 Å². The van der Waals surface area contributed by atoms with Crippen molar-refractivity contribution in [2.45, 2.75) is 37.8 Å². The first-order chi connectivity index (χ1) is 19.6. The van der Waals surface area contributed by atoms with E-state index in [-0.39, 0.29) is 23.4 Å². The number of rotatable bonds is 5. The third kappa shape index (κ3) is 4.18. The molecular formula is C29H29N9O2. The number of aliphatic imine (C=N–C) groups is 1. The SMILES string of the molecule is O=C1CCN=C2C1=C(C1CCN(C(=O)c3ncn[nH]3)CC1)NC1(Cc3ccc(-c4ccccc4)nc3)CC=NN21. The molecule has 0 spiro atoms. The number of benzene rings is 1. The second-order valence-electron chi connectivity index (χ2n) is 10.6. The number of ketones is 1.